The summed E-state index contributed by atoms with van der Waals surface area (Å²) in [7, 11) is 0. The molecule has 3 aromatic rings. The molecule has 3 aromatic carbocycles. The molecule has 0 aliphatic carbocycles. The molecule has 6 nitrogen and oxygen atoms in total. The molecule has 0 spiro atoms. The van der Waals surface area contributed by atoms with Crippen LogP contribution in [0.2, 0.25) is 0 Å². The van der Waals surface area contributed by atoms with Crippen molar-refractivity contribution in [2.45, 2.75) is 38.4 Å². The fraction of sp³-hybridized carbons (Fsp3) is 0.250. The van der Waals surface area contributed by atoms with E-state index >= 15 is 0 Å². The lowest BCUT2D eigenvalue weighted by Gasteiger charge is -2.26. The molecule has 1 saturated heterocycles. The van der Waals surface area contributed by atoms with E-state index in [-0.39, 0.29) is 29.6 Å². The van der Waals surface area contributed by atoms with Crippen molar-refractivity contribution in [3.05, 3.63) is 101 Å². The van der Waals surface area contributed by atoms with E-state index in [1.165, 1.54) is 12.1 Å². The lowest BCUT2D eigenvalue weighted by Crippen LogP contribution is -2.44. The number of nitrogens with zero attached hydrogens (tertiary/aromatic N) is 2. The number of benzene rings is 3. The van der Waals surface area contributed by atoms with Gasteiger partial charge in [-0.3, -0.25) is 14.4 Å². The van der Waals surface area contributed by atoms with Crippen molar-refractivity contribution in [3.63, 3.8) is 0 Å². The molecular formula is C28H26FN3O3. The Hall–Kier alpha value is -4.00. The van der Waals surface area contributed by atoms with E-state index in [4.69, 9.17) is 0 Å². The molecule has 7 heteroatoms. The molecule has 0 saturated carbocycles. The van der Waals surface area contributed by atoms with Gasteiger partial charge in [0.25, 0.3) is 11.8 Å². The molecular weight excluding hydrogens is 445 g/mol. The topological polar surface area (TPSA) is 69.7 Å². The highest BCUT2D eigenvalue weighted by Crippen LogP contribution is 2.33. The molecule has 35 heavy (non-hydrogen) atoms. The van der Waals surface area contributed by atoms with Gasteiger partial charge in [-0.1, -0.05) is 36.4 Å². The molecule has 3 amide bonds. The van der Waals surface area contributed by atoms with Gasteiger partial charge in [0.05, 0.1) is 23.8 Å². The number of carbonyl (C=O) groups excluding carboxylic acids is 3. The van der Waals surface area contributed by atoms with Gasteiger partial charge in [0.2, 0.25) is 5.91 Å². The number of amides is 3. The predicted molar refractivity (Wildman–Crippen MR) is 130 cm³/mol. The van der Waals surface area contributed by atoms with Crippen molar-refractivity contribution in [2.24, 2.45) is 0 Å². The van der Waals surface area contributed by atoms with Gasteiger partial charge >= 0.3 is 0 Å². The van der Waals surface area contributed by atoms with Gasteiger partial charge in [-0.15, -0.1) is 0 Å². The van der Waals surface area contributed by atoms with E-state index in [0.29, 0.717) is 36.3 Å². The maximum atomic E-state index is 13.4. The summed E-state index contributed by atoms with van der Waals surface area (Å²) in [5, 5.41) is 2.92. The van der Waals surface area contributed by atoms with E-state index in [2.05, 4.69) is 5.32 Å². The summed E-state index contributed by atoms with van der Waals surface area (Å²) in [6.45, 7) is 2.74. The summed E-state index contributed by atoms with van der Waals surface area (Å²) in [4.78, 5) is 42.6. The van der Waals surface area contributed by atoms with Gasteiger partial charge in [0, 0.05) is 12.1 Å². The maximum Gasteiger partial charge on any atom is 0.256 e. The summed E-state index contributed by atoms with van der Waals surface area (Å²) in [6.07, 6.45) is 1.48. The Morgan fingerprint density at radius 2 is 1.74 bits per heavy atom. The van der Waals surface area contributed by atoms with E-state index in [1.807, 2.05) is 37.3 Å². The molecule has 1 fully saturated rings. The van der Waals surface area contributed by atoms with Crippen LogP contribution < -0.4 is 10.2 Å². The van der Waals surface area contributed by atoms with Crippen molar-refractivity contribution in [2.75, 3.05) is 11.4 Å². The van der Waals surface area contributed by atoms with Crippen molar-refractivity contribution in [1.29, 1.82) is 0 Å². The number of para-hydroxylation sites is 1. The Bertz CT molecular complexity index is 1270. The van der Waals surface area contributed by atoms with Crippen LogP contribution in [0, 0.1) is 5.82 Å². The highest BCUT2D eigenvalue weighted by Gasteiger charge is 2.41. The van der Waals surface area contributed by atoms with Gasteiger partial charge in [-0.2, -0.15) is 0 Å². The van der Waals surface area contributed by atoms with E-state index in [0.717, 1.165) is 17.5 Å². The Kier molecular flexibility index (Phi) is 6.07. The van der Waals surface area contributed by atoms with Gasteiger partial charge in [-0.05, 0) is 67.3 Å². The Balaban J connectivity index is 1.33. The first-order valence-electron chi connectivity index (χ1n) is 11.8. The number of anilines is 1. The van der Waals surface area contributed by atoms with E-state index in [1.54, 1.807) is 40.1 Å². The number of halogens is 1. The second kappa shape index (κ2) is 9.33. The Morgan fingerprint density at radius 3 is 2.49 bits per heavy atom. The lowest BCUT2D eigenvalue weighted by molar-refractivity contribution is -0.122. The second-order valence-electron chi connectivity index (χ2n) is 9.04. The number of rotatable bonds is 5. The third kappa shape index (κ3) is 4.41. The van der Waals surface area contributed by atoms with Crippen LogP contribution in [0.5, 0.6) is 0 Å². The predicted octanol–water partition coefficient (Wildman–Crippen LogP) is 4.47. The summed E-state index contributed by atoms with van der Waals surface area (Å²) < 4.78 is 13.2. The maximum absolute atomic E-state index is 13.4. The molecule has 1 N–H and O–H groups in total. The van der Waals surface area contributed by atoms with Crippen LogP contribution in [0.15, 0.2) is 72.8 Å². The second-order valence-corrected chi connectivity index (χ2v) is 9.04. The number of hydrogen-bond donors (Lipinski definition) is 1. The minimum atomic E-state index is -0.437. The fourth-order valence-electron chi connectivity index (χ4n) is 4.83. The van der Waals surface area contributed by atoms with Crippen molar-refractivity contribution in [1.82, 2.24) is 10.2 Å². The number of fused-ring (bicyclic) bond motifs is 2. The van der Waals surface area contributed by atoms with Crippen LogP contribution in [0.4, 0.5) is 10.1 Å². The third-order valence-corrected chi connectivity index (χ3v) is 6.76. The largest absolute Gasteiger partial charge is 0.346 e. The minimum Gasteiger partial charge on any atom is -0.346 e. The molecule has 0 aromatic heterocycles. The third-order valence-electron chi connectivity index (χ3n) is 6.76. The van der Waals surface area contributed by atoms with Crippen LogP contribution in [-0.2, 0) is 11.3 Å². The van der Waals surface area contributed by atoms with Crippen LogP contribution in [-0.4, -0.2) is 35.2 Å². The zero-order valence-corrected chi connectivity index (χ0v) is 19.4. The van der Waals surface area contributed by atoms with E-state index in [9.17, 15) is 18.8 Å². The minimum absolute atomic E-state index is 0.0734. The zero-order chi connectivity index (χ0) is 24.5. The van der Waals surface area contributed by atoms with Gasteiger partial charge in [0.1, 0.15) is 11.9 Å². The lowest BCUT2D eigenvalue weighted by atomic mass is 10.1. The van der Waals surface area contributed by atoms with Gasteiger partial charge in [0.15, 0.2) is 0 Å². The Labute approximate surface area is 203 Å². The first-order valence-corrected chi connectivity index (χ1v) is 11.8. The molecule has 0 unspecified atom stereocenters. The number of hydrogen-bond acceptors (Lipinski definition) is 3. The molecule has 0 radical (unpaired) electrons. The molecule has 2 heterocycles. The smallest absolute Gasteiger partial charge is 0.256 e. The van der Waals surface area contributed by atoms with Gasteiger partial charge in [-0.25, -0.2) is 4.39 Å². The molecule has 2 aliphatic heterocycles. The van der Waals surface area contributed by atoms with Crippen molar-refractivity contribution in [3.8, 4) is 0 Å². The molecule has 178 valence electrons. The highest BCUT2D eigenvalue weighted by molar-refractivity contribution is 6.11. The van der Waals surface area contributed by atoms with Crippen molar-refractivity contribution >= 4 is 23.4 Å². The summed E-state index contributed by atoms with van der Waals surface area (Å²) in [6, 6.07) is 19.7. The fourth-order valence-corrected chi connectivity index (χ4v) is 4.83. The van der Waals surface area contributed by atoms with Crippen LogP contribution in [0.25, 0.3) is 0 Å². The van der Waals surface area contributed by atoms with Crippen molar-refractivity contribution < 1.29 is 18.8 Å². The van der Waals surface area contributed by atoms with Crippen LogP contribution >= 0.6 is 0 Å². The number of carbonyl (C=O) groups is 3. The Morgan fingerprint density at radius 1 is 1.03 bits per heavy atom. The average Bonchev–Trinajstić information content (AvgIpc) is 3.35. The van der Waals surface area contributed by atoms with Crippen LogP contribution in [0.3, 0.4) is 0 Å². The van der Waals surface area contributed by atoms with E-state index < -0.39 is 6.04 Å². The first kappa shape index (κ1) is 22.8. The molecule has 2 aliphatic rings. The molecule has 5 rings (SSSR count). The van der Waals surface area contributed by atoms with Gasteiger partial charge < -0.3 is 15.1 Å². The zero-order valence-electron chi connectivity index (χ0n) is 19.4. The van der Waals surface area contributed by atoms with Crippen LogP contribution in [0.1, 0.15) is 57.7 Å². The summed E-state index contributed by atoms with van der Waals surface area (Å²) in [5.74, 6) is -0.730. The SMILES string of the molecule is C[C@@H](NC(=O)c1ccc(CN2C(=O)[C@H]3CCCN3C(=O)c3ccccc32)cc1)c1ccc(F)cc1. The molecule has 0 bridgehead atoms. The average molecular weight is 472 g/mol. The molecule has 2 atom stereocenters. The number of nitrogens with one attached hydrogen (secondary N) is 1. The monoisotopic (exact) mass is 471 g/mol. The summed E-state index contributed by atoms with van der Waals surface area (Å²) >= 11 is 0. The normalized spacial score (nSPS) is 18.1. The first-order chi connectivity index (χ1) is 16.9. The summed E-state index contributed by atoms with van der Waals surface area (Å²) in [5.41, 5.74) is 3.31. The standard InChI is InChI=1S/C28H26FN3O3/c1-18(20-12-14-22(29)15-13-20)30-26(33)21-10-8-19(9-11-21)17-32-24-6-3-2-5-23(24)27(34)31-16-4-7-25(31)28(32)35/h2-3,5-6,8-15,18,25H,4,7,16-17H2,1H3,(H,30,33)/t18-,25-/m1/s1. The quantitative estimate of drug-likeness (QED) is 0.597. The highest BCUT2D eigenvalue weighted by atomic mass is 19.1.